The smallest absolute Gasteiger partial charge is 0.231 e. The number of hydrogen-bond donors (Lipinski definition) is 2. The maximum absolute atomic E-state index is 5.87. The monoisotopic (exact) mass is 265 g/mol. The first-order valence-corrected chi connectivity index (χ1v) is 6.55. The van der Waals surface area contributed by atoms with Crippen LogP contribution >= 0.6 is 0 Å². The fraction of sp³-hybridized carbons (Fsp3) is 0.538. The van der Waals surface area contributed by atoms with Gasteiger partial charge in [0.15, 0.2) is 11.5 Å². The van der Waals surface area contributed by atoms with Gasteiger partial charge in [0.25, 0.3) is 0 Å². The fourth-order valence-electron chi connectivity index (χ4n) is 2.31. The molecule has 1 saturated heterocycles. The van der Waals surface area contributed by atoms with E-state index in [0.717, 1.165) is 43.4 Å². The zero-order valence-corrected chi connectivity index (χ0v) is 10.8. The van der Waals surface area contributed by atoms with Crippen molar-refractivity contribution in [2.24, 2.45) is 5.73 Å². The van der Waals surface area contributed by atoms with Crippen molar-refractivity contribution in [3.63, 3.8) is 0 Å². The molecule has 2 heterocycles. The molecule has 0 amide bonds. The van der Waals surface area contributed by atoms with Gasteiger partial charge in [-0.25, -0.2) is 10.4 Å². The minimum atomic E-state index is 0.0765. The summed E-state index contributed by atoms with van der Waals surface area (Å²) in [5.74, 6) is 1.59. The second-order valence-corrected chi connectivity index (χ2v) is 4.63. The van der Waals surface area contributed by atoms with Crippen molar-refractivity contribution in [2.75, 3.05) is 39.6 Å². The van der Waals surface area contributed by atoms with Crippen LogP contribution in [0.4, 0.5) is 0 Å². The number of nitrogens with one attached hydrogen (secondary N) is 1. The van der Waals surface area contributed by atoms with Gasteiger partial charge in [-0.05, 0) is 17.7 Å². The predicted octanol–water partition coefficient (Wildman–Crippen LogP) is 0.252. The highest BCUT2D eigenvalue weighted by molar-refractivity contribution is 5.45. The number of hydrogen-bond acceptors (Lipinski definition) is 6. The van der Waals surface area contributed by atoms with E-state index in [0.29, 0.717) is 13.3 Å². The zero-order chi connectivity index (χ0) is 13.1. The van der Waals surface area contributed by atoms with Crippen molar-refractivity contribution in [3.05, 3.63) is 23.8 Å². The number of nitrogens with two attached hydrogens (primary N) is 1. The van der Waals surface area contributed by atoms with Crippen LogP contribution in [0, 0.1) is 0 Å². The van der Waals surface area contributed by atoms with Crippen LogP contribution in [0.2, 0.25) is 0 Å². The molecule has 3 N–H and O–H groups in total. The lowest BCUT2D eigenvalue weighted by Gasteiger charge is -2.31. The average Bonchev–Trinajstić information content (AvgIpc) is 2.93. The summed E-state index contributed by atoms with van der Waals surface area (Å²) in [5.41, 5.74) is 10.4. The fourth-order valence-corrected chi connectivity index (χ4v) is 2.31. The summed E-state index contributed by atoms with van der Waals surface area (Å²) in [6.45, 7) is 4.08. The lowest BCUT2D eigenvalue weighted by Crippen LogP contribution is -2.48. The van der Waals surface area contributed by atoms with Crippen LogP contribution in [0.1, 0.15) is 11.6 Å². The molecule has 2 aliphatic heterocycles. The minimum absolute atomic E-state index is 0.0765. The molecule has 19 heavy (non-hydrogen) atoms. The molecule has 1 aromatic rings. The molecule has 0 aromatic heterocycles. The quantitative estimate of drug-likeness (QED) is 0.813. The normalized spacial score (nSPS) is 20.5. The molecule has 2 aliphatic rings. The van der Waals surface area contributed by atoms with Gasteiger partial charge < -0.3 is 19.9 Å². The highest BCUT2D eigenvalue weighted by atomic mass is 16.7. The summed E-state index contributed by atoms with van der Waals surface area (Å²) in [5, 5.41) is 2.16. The predicted molar refractivity (Wildman–Crippen MR) is 69.9 cm³/mol. The van der Waals surface area contributed by atoms with Crippen LogP contribution < -0.4 is 20.6 Å². The van der Waals surface area contributed by atoms with Crippen LogP contribution in [0.25, 0.3) is 0 Å². The Morgan fingerprint density at radius 1 is 1.21 bits per heavy atom. The Bertz CT molecular complexity index is 435. The second-order valence-electron chi connectivity index (χ2n) is 4.63. The van der Waals surface area contributed by atoms with E-state index in [2.05, 4.69) is 10.4 Å². The van der Waals surface area contributed by atoms with Crippen LogP contribution in [0.15, 0.2) is 18.2 Å². The molecule has 0 radical (unpaired) electrons. The second kappa shape index (κ2) is 5.75. The lowest BCUT2D eigenvalue weighted by atomic mass is 10.1. The van der Waals surface area contributed by atoms with Crippen LogP contribution in [-0.4, -0.2) is 44.6 Å². The molecule has 1 aromatic carbocycles. The number of rotatable bonds is 4. The van der Waals surface area contributed by atoms with E-state index in [-0.39, 0.29) is 6.04 Å². The van der Waals surface area contributed by atoms with Crippen molar-refractivity contribution in [2.45, 2.75) is 6.04 Å². The molecule has 104 valence electrons. The van der Waals surface area contributed by atoms with Crippen molar-refractivity contribution in [3.8, 4) is 11.5 Å². The minimum Gasteiger partial charge on any atom is -0.454 e. The van der Waals surface area contributed by atoms with Crippen molar-refractivity contribution < 1.29 is 14.2 Å². The summed E-state index contributed by atoms with van der Waals surface area (Å²) in [6, 6.07) is 6.03. The molecule has 1 fully saturated rings. The summed E-state index contributed by atoms with van der Waals surface area (Å²) in [7, 11) is 0. The number of ether oxygens (including phenoxy) is 3. The molecule has 0 spiro atoms. The van der Waals surface area contributed by atoms with Gasteiger partial charge in [0, 0.05) is 19.6 Å². The third-order valence-electron chi connectivity index (χ3n) is 3.38. The largest absolute Gasteiger partial charge is 0.454 e. The molecule has 6 heteroatoms. The molecule has 0 aliphatic carbocycles. The maximum Gasteiger partial charge on any atom is 0.231 e. The van der Waals surface area contributed by atoms with E-state index >= 15 is 0 Å². The van der Waals surface area contributed by atoms with E-state index in [9.17, 15) is 0 Å². The van der Waals surface area contributed by atoms with Gasteiger partial charge in [0.1, 0.15) is 0 Å². The Balaban J connectivity index is 1.70. The van der Waals surface area contributed by atoms with Crippen molar-refractivity contribution in [1.29, 1.82) is 0 Å². The van der Waals surface area contributed by atoms with Crippen LogP contribution in [-0.2, 0) is 4.74 Å². The molecule has 1 atom stereocenters. The van der Waals surface area contributed by atoms with Crippen molar-refractivity contribution in [1.82, 2.24) is 10.4 Å². The highest BCUT2D eigenvalue weighted by Crippen LogP contribution is 2.34. The number of benzene rings is 1. The highest BCUT2D eigenvalue weighted by Gasteiger charge is 2.19. The number of nitrogens with zero attached hydrogens (tertiary/aromatic N) is 1. The lowest BCUT2D eigenvalue weighted by molar-refractivity contribution is 0.00403. The first-order valence-electron chi connectivity index (χ1n) is 6.55. The van der Waals surface area contributed by atoms with E-state index in [1.165, 1.54) is 0 Å². The molecule has 0 bridgehead atoms. The van der Waals surface area contributed by atoms with E-state index < -0.39 is 0 Å². The van der Waals surface area contributed by atoms with Crippen LogP contribution in [0.3, 0.4) is 0 Å². The number of morpholine rings is 1. The molecular weight excluding hydrogens is 246 g/mol. The molecule has 0 saturated carbocycles. The van der Waals surface area contributed by atoms with Crippen molar-refractivity contribution >= 4 is 0 Å². The van der Waals surface area contributed by atoms with Gasteiger partial charge in [-0.15, -0.1) is 0 Å². The molecule has 1 unspecified atom stereocenters. The van der Waals surface area contributed by atoms with Gasteiger partial charge in [0.2, 0.25) is 6.79 Å². The average molecular weight is 265 g/mol. The topological polar surface area (TPSA) is 69.0 Å². The Kier molecular flexibility index (Phi) is 3.84. The Morgan fingerprint density at radius 2 is 2.00 bits per heavy atom. The first kappa shape index (κ1) is 12.7. The van der Waals surface area contributed by atoms with Gasteiger partial charge in [-0.3, -0.25) is 0 Å². The number of hydrazine groups is 1. The maximum atomic E-state index is 5.87. The summed E-state index contributed by atoms with van der Waals surface area (Å²) in [6.07, 6.45) is 0. The Morgan fingerprint density at radius 3 is 2.79 bits per heavy atom. The number of fused-ring (bicyclic) bond motifs is 1. The van der Waals surface area contributed by atoms with Gasteiger partial charge in [-0.2, -0.15) is 0 Å². The Labute approximate surface area is 112 Å². The van der Waals surface area contributed by atoms with E-state index in [1.54, 1.807) is 0 Å². The SMILES string of the molecule is NCC(NN1CCOCC1)c1ccc2c(c1)OCO2. The van der Waals surface area contributed by atoms with Gasteiger partial charge in [0.05, 0.1) is 19.3 Å². The molecular formula is C13H19N3O3. The van der Waals surface area contributed by atoms with E-state index in [4.69, 9.17) is 19.9 Å². The van der Waals surface area contributed by atoms with Gasteiger partial charge in [-0.1, -0.05) is 6.07 Å². The third kappa shape index (κ3) is 2.82. The summed E-state index contributed by atoms with van der Waals surface area (Å²) in [4.78, 5) is 0. The molecule has 6 nitrogen and oxygen atoms in total. The standard InChI is InChI=1S/C13H19N3O3/c14-8-11(15-16-3-5-17-6-4-16)10-1-2-12-13(7-10)19-9-18-12/h1-2,7,11,15H,3-6,8-9,14H2. The van der Waals surface area contributed by atoms with Gasteiger partial charge >= 0.3 is 0 Å². The zero-order valence-electron chi connectivity index (χ0n) is 10.8. The summed E-state index contributed by atoms with van der Waals surface area (Å²) < 4.78 is 16.0. The summed E-state index contributed by atoms with van der Waals surface area (Å²) >= 11 is 0. The third-order valence-corrected chi connectivity index (χ3v) is 3.38. The Hall–Kier alpha value is -1.34. The van der Waals surface area contributed by atoms with Crippen LogP contribution in [0.5, 0.6) is 11.5 Å². The van der Waals surface area contributed by atoms with E-state index in [1.807, 2.05) is 18.2 Å². The first-order chi connectivity index (χ1) is 9.36. The molecule has 3 rings (SSSR count).